The summed E-state index contributed by atoms with van der Waals surface area (Å²) in [6.45, 7) is 2.12. The fraction of sp³-hybridized carbons (Fsp3) is 0.267. The Balaban J connectivity index is 2.47. The predicted molar refractivity (Wildman–Crippen MR) is 79.0 cm³/mol. The van der Waals surface area contributed by atoms with Crippen molar-refractivity contribution < 1.29 is 19.5 Å². The summed E-state index contributed by atoms with van der Waals surface area (Å²) in [5.74, 6) is -2.05. The third-order valence-corrected chi connectivity index (χ3v) is 2.64. The third-order valence-electron chi connectivity index (χ3n) is 2.64. The zero-order valence-corrected chi connectivity index (χ0v) is 11.8. The van der Waals surface area contributed by atoms with Gasteiger partial charge in [0.1, 0.15) is 0 Å². The molecule has 1 rings (SSSR count). The average Bonchev–Trinajstić information content (AvgIpc) is 2.44. The number of amides is 3. The molecule has 1 aromatic carbocycles. The first kappa shape index (κ1) is 16.4. The Morgan fingerprint density at radius 1 is 1.14 bits per heavy atom. The van der Waals surface area contributed by atoms with Crippen LogP contribution in [0.15, 0.2) is 36.4 Å². The number of carbonyl (C=O) groups is 3. The number of imide groups is 1. The topological polar surface area (TPSA) is 95.5 Å². The Kier molecular flexibility index (Phi) is 6.67. The molecule has 0 aromatic heterocycles. The van der Waals surface area contributed by atoms with Crippen LogP contribution in [-0.2, 0) is 16.0 Å². The lowest BCUT2D eigenvalue weighted by atomic mass is 10.1. The largest absolute Gasteiger partial charge is 0.478 e. The number of aliphatic carboxylic acids is 1. The summed E-state index contributed by atoms with van der Waals surface area (Å²) in [4.78, 5) is 32.9. The highest BCUT2D eigenvalue weighted by atomic mass is 16.4. The van der Waals surface area contributed by atoms with Crippen molar-refractivity contribution in [2.75, 3.05) is 5.32 Å². The van der Waals surface area contributed by atoms with Crippen molar-refractivity contribution in [2.45, 2.75) is 26.2 Å². The molecule has 0 aliphatic rings. The molecule has 0 saturated heterocycles. The van der Waals surface area contributed by atoms with E-state index >= 15 is 0 Å². The van der Waals surface area contributed by atoms with Crippen LogP contribution in [0.25, 0.3) is 0 Å². The SMILES string of the molecule is CCCCc1ccc(NC(=O)NC(=O)/C=C/C(=O)O)cc1. The zero-order valence-electron chi connectivity index (χ0n) is 11.8. The van der Waals surface area contributed by atoms with E-state index in [4.69, 9.17) is 5.11 Å². The number of carboxylic acid groups (broad SMARTS) is 1. The maximum Gasteiger partial charge on any atom is 0.328 e. The van der Waals surface area contributed by atoms with Crippen LogP contribution in [0.2, 0.25) is 0 Å². The molecule has 3 N–H and O–H groups in total. The molecule has 112 valence electrons. The predicted octanol–water partition coefficient (Wildman–Crippen LogP) is 2.32. The minimum atomic E-state index is -1.26. The molecule has 0 saturated carbocycles. The smallest absolute Gasteiger partial charge is 0.328 e. The van der Waals surface area contributed by atoms with Crippen LogP contribution < -0.4 is 10.6 Å². The summed E-state index contributed by atoms with van der Waals surface area (Å²) in [6, 6.07) is 6.62. The van der Waals surface area contributed by atoms with Crippen LogP contribution >= 0.6 is 0 Å². The van der Waals surface area contributed by atoms with Gasteiger partial charge in [0.05, 0.1) is 0 Å². The number of aryl methyl sites for hydroxylation is 1. The van der Waals surface area contributed by atoms with Crippen molar-refractivity contribution in [3.8, 4) is 0 Å². The van der Waals surface area contributed by atoms with E-state index in [2.05, 4.69) is 12.2 Å². The number of urea groups is 1. The number of rotatable bonds is 6. The Labute approximate surface area is 122 Å². The Morgan fingerprint density at radius 3 is 2.38 bits per heavy atom. The van der Waals surface area contributed by atoms with Gasteiger partial charge in [-0.05, 0) is 30.5 Å². The summed E-state index contributed by atoms with van der Waals surface area (Å²) < 4.78 is 0. The minimum Gasteiger partial charge on any atom is -0.478 e. The second-order valence-electron chi connectivity index (χ2n) is 4.42. The molecule has 0 heterocycles. The van der Waals surface area contributed by atoms with E-state index in [1.165, 1.54) is 5.56 Å². The molecular formula is C15H18N2O4. The lowest BCUT2D eigenvalue weighted by Gasteiger charge is -2.06. The molecule has 1 aromatic rings. The molecular weight excluding hydrogens is 272 g/mol. The van der Waals surface area contributed by atoms with E-state index in [0.29, 0.717) is 11.8 Å². The number of carbonyl (C=O) groups excluding carboxylic acids is 2. The number of anilines is 1. The van der Waals surface area contributed by atoms with E-state index in [1.54, 1.807) is 12.1 Å². The molecule has 6 nitrogen and oxygen atoms in total. The Morgan fingerprint density at radius 2 is 1.81 bits per heavy atom. The standard InChI is InChI=1S/C15H18N2O4/c1-2-3-4-11-5-7-12(8-6-11)16-15(21)17-13(18)9-10-14(19)20/h5-10H,2-4H2,1H3,(H,19,20)(H2,16,17,18,21)/b10-9+. The number of carboxylic acids is 1. The van der Waals surface area contributed by atoms with Gasteiger partial charge in [-0.1, -0.05) is 25.5 Å². The minimum absolute atomic E-state index is 0.558. The molecule has 0 bridgehead atoms. The molecule has 21 heavy (non-hydrogen) atoms. The van der Waals surface area contributed by atoms with E-state index in [-0.39, 0.29) is 0 Å². The highest BCUT2D eigenvalue weighted by Crippen LogP contribution is 2.11. The molecule has 0 aliphatic heterocycles. The highest BCUT2D eigenvalue weighted by molar-refractivity contribution is 6.06. The fourth-order valence-corrected chi connectivity index (χ4v) is 1.60. The second-order valence-corrected chi connectivity index (χ2v) is 4.42. The Bertz CT molecular complexity index is 535. The number of nitrogens with one attached hydrogen (secondary N) is 2. The van der Waals surface area contributed by atoms with E-state index in [9.17, 15) is 14.4 Å². The lowest BCUT2D eigenvalue weighted by molar-refractivity contribution is -0.131. The van der Waals surface area contributed by atoms with Gasteiger partial charge in [-0.2, -0.15) is 0 Å². The number of hydrogen-bond donors (Lipinski definition) is 3. The summed E-state index contributed by atoms with van der Waals surface area (Å²) >= 11 is 0. The van der Waals surface area contributed by atoms with Gasteiger partial charge in [-0.25, -0.2) is 9.59 Å². The van der Waals surface area contributed by atoms with Crippen LogP contribution in [0.3, 0.4) is 0 Å². The highest BCUT2D eigenvalue weighted by Gasteiger charge is 2.05. The summed E-state index contributed by atoms with van der Waals surface area (Å²) in [7, 11) is 0. The van der Waals surface area contributed by atoms with Gasteiger partial charge in [0.2, 0.25) is 0 Å². The fourth-order valence-electron chi connectivity index (χ4n) is 1.60. The van der Waals surface area contributed by atoms with Gasteiger partial charge >= 0.3 is 12.0 Å². The van der Waals surface area contributed by atoms with Gasteiger partial charge in [0.15, 0.2) is 0 Å². The van der Waals surface area contributed by atoms with Crippen LogP contribution in [0.1, 0.15) is 25.3 Å². The maximum absolute atomic E-state index is 11.5. The van der Waals surface area contributed by atoms with Crippen molar-refractivity contribution in [1.29, 1.82) is 0 Å². The van der Waals surface area contributed by atoms with Gasteiger partial charge in [0.25, 0.3) is 5.91 Å². The summed E-state index contributed by atoms with van der Waals surface area (Å²) in [6.07, 6.45) is 4.65. The van der Waals surface area contributed by atoms with Crippen molar-refractivity contribution >= 4 is 23.6 Å². The van der Waals surface area contributed by atoms with E-state index < -0.39 is 17.9 Å². The summed E-state index contributed by atoms with van der Waals surface area (Å²) in [5, 5.41) is 12.8. The molecule has 0 radical (unpaired) electrons. The first-order chi connectivity index (χ1) is 10.0. The van der Waals surface area contributed by atoms with Gasteiger partial charge in [-0.3, -0.25) is 10.1 Å². The first-order valence-electron chi connectivity index (χ1n) is 6.63. The molecule has 6 heteroatoms. The number of benzene rings is 1. The molecule has 0 unspecified atom stereocenters. The van der Waals surface area contributed by atoms with Crippen LogP contribution in [0.4, 0.5) is 10.5 Å². The van der Waals surface area contributed by atoms with Crippen LogP contribution in [0.5, 0.6) is 0 Å². The maximum atomic E-state index is 11.5. The monoisotopic (exact) mass is 290 g/mol. The van der Waals surface area contributed by atoms with Crippen molar-refractivity contribution in [1.82, 2.24) is 5.32 Å². The number of hydrogen-bond acceptors (Lipinski definition) is 3. The average molecular weight is 290 g/mol. The van der Waals surface area contributed by atoms with Crippen molar-refractivity contribution in [3.05, 3.63) is 42.0 Å². The molecule has 0 atom stereocenters. The summed E-state index contributed by atoms with van der Waals surface area (Å²) in [5.41, 5.74) is 1.74. The van der Waals surface area contributed by atoms with Crippen LogP contribution in [0, 0.1) is 0 Å². The van der Waals surface area contributed by atoms with E-state index in [1.807, 2.05) is 17.4 Å². The second kappa shape index (κ2) is 8.52. The Hall–Kier alpha value is -2.63. The van der Waals surface area contributed by atoms with Crippen molar-refractivity contribution in [2.24, 2.45) is 0 Å². The molecule has 3 amide bonds. The van der Waals surface area contributed by atoms with Gasteiger partial charge < -0.3 is 10.4 Å². The molecule has 0 fully saturated rings. The zero-order chi connectivity index (χ0) is 15.7. The number of unbranched alkanes of at least 4 members (excludes halogenated alkanes) is 1. The lowest BCUT2D eigenvalue weighted by Crippen LogP contribution is -2.33. The third kappa shape index (κ3) is 6.91. The molecule has 0 aliphatic carbocycles. The van der Waals surface area contributed by atoms with Crippen LogP contribution in [-0.4, -0.2) is 23.0 Å². The quantitative estimate of drug-likeness (QED) is 0.701. The molecule has 0 spiro atoms. The van der Waals surface area contributed by atoms with Crippen molar-refractivity contribution in [3.63, 3.8) is 0 Å². The van der Waals surface area contributed by atoms with E-state index in [0.717, 1.165) is 25.3 Å². The van der Waals surface area contributed by atoms with Gasteiger partial charge in [-0.15, -0.1) is 0 Å². The normalized spacial score (nSPS) is 10.3. The first-order valence-corrected chi connectivity index (χ1v) is 6.63. The van der Waals surface area contributed by atoms with Gasteiger partial charge in [0, 0.05) is 17.8 Å².